The number of carbonyl (C=O) groups is 1. The molecule has 1 heterocycles. The molecule has 24 heavy (non-hydrogen) atoms. The molecule has 1 aliphatic heterocycles. The Balaban J connectivity index is 2.28. The van der Waals surface area contributed by atoms with E-state index in [1.807, 2.05) is 52.0 Å². The summed E-state index contributed by atoms with van der Waals surface area (Å²) in [6, 6.07) is 7.30. The van der Waals surface area contributed by atoms with Gasteiger partial charge < -0.3 is 20.1 Å². The molecule has 1 unspecified atom stereocenters. The van der Waals surface area contributed by atoms with Gasteiger partial charge in [-0.25, -0.2) is 4.79 Å². The van der Waals surface area contributed by atoms with Crippen molar-refractivity contribution in [2.45, 2.75) is 33.7 Å². The van der Waals surface area contributed by atoms with Crippen LogP contribution in [0, 0.1) is 5.92 Å². The lowest BCUT2D eigenvalue weighted by molar-refractivity contribution is -0.140. The molecule has 0 radical (unpaired) electrons. The highest BCUT2D eigenvalue weighted by Gasteiger charge is 2.31. The Morgan fingerprint density at radius 3 is 2.54 bits per heavy atom. The molecular formula is C18H24N2O3S. The Labute approximate surface area is 148 Å². The molecule has 0 spiro atoms. The molecule has 0 fully saturated rings. The first-order valence-electron chi connectivity index (χ1n) is 8.10. The zero-order valence-electron chi connectivity index (χ0n) is 14.5. The van der Waals surface area contributed by atoms with Crippen LogP contribution < -0.4 is 15.4 Å². The smallest absolute Gasteiger partial charge is 0.338 e. The minimum absolute atomic E-state index is 0.282. The molecule has 0 aliphatic carbocycles. The predicted molar refractivity (Wildman–Crippen MR) is 97.7 cm³/mol. The van der Waals surface area contributed by atoms with Crippen molar-refractivity contribution in [3.8, 4) is 5.75 Å². The second kappa shape index (κ2) is 8.15. The van der Waals surface area contributed by atoms with E-state index in [9.17, 15) is 4.79 Å². The van der Waals surface area contributed by atoms with Crippen molar-refractivity contribution < 1.29 is 14.3 Å². The number of esters is 1. The monoisotopic (exact) mass is 348 g/mol. The highest BCUT2D eigenvalue weighted by molar-refractivity contribution is 7.80. The number of carbonyl (C=O) groups excluding carboxylic acids is 1. The standard InChI is InChI=1S/C18H24N2O3S/c1-5-22-14-8-6-13(7-9-14)16-15(12(4)19-18(24)20-16)17(21)23-10-11(2)3/h6-9,11,16H,5,10H2,1-4H3,(H2,19,20,24). The van der Waals surface area contributed by atoms with E-state index in [2.05, 4.69) is 10.6 Å². The van der Waals surface area contributed by atoms with Gasteiger partial charge >= 0.3 is 5.97 Å². The summed E-state index contributed by atoms with van der Waals surface area (Å²) in [7, 11) is 0. The number of rotatable bonds is 6. The van der Waals surface area contributed by atoms with Crippen LogP contribution in [0.1, 0.15) is 39.3 Å². The van der Waals surface area contributed by atoms with Crippen molar-refractivity contribution in [2.75, 3.05) is 13.2 Å². The summed E-state index contributed by atoms with van der Waals surface area (Å²) in [5.41, 5.74) is 2.19. The topological polar surface area (TPSA) is 59.6 Å². The van der Waals surface area contributed by atoms with Crippen molar-refractivity contribution >= 4 is 23.3 Å². The van der Waals surface area contributed by atoms with E-state index in [1.165, 1.54) is 0 Å². The lowest BCUT2D eigenvalue weighted by Crippen LogP contribution is -2.45. The van der Waals surface area contributed by atoms with Crippen molar-refractivity contribution in [3.05, 3.63) is 41.1 Å². The fourth-order valence-electron chi connectivity index (χ4n) is 2.46. The largest absolute Gasteiger partial charge is 0.494 e. The van der Waals surface area contributed by atoms with Crippen LogP contribution in [-0.4, -0.2) is 24.3 Å². The van der Waals surface area contributed by atoms with Gasteiger partial charge in [-0.3, -0.25) is 0 Å². The first kappa shape index (κ1) is 18.3. The van der Waals surface area contributed by atoms with Crippen molar-refractivity contribution in [3.63, 3.8) is 0 Å². The zero-order valence-corrected chi connectivity index (χ0v) is 15.3. The van der Waals surface area contributed by atoms with Gasteiger partial charge in [0.15, 0.2) is 5.11 Å². The maximum Gasteiger partial charge on any atom is 0.338 e. The number of hydrogen-bond acceptors (Lipinski definition) is 4. The van der Waals surface area contributed by atoms with Gasteiger partial charge in [-0.05, 0) is 49.7 Å². The third-order valence-corrected chi connectivity index (χ3v) is 3.78. The molecule has 1 atom stereocenters. The van der Waals surface area contributed by atoms with Crippen LogP contribution in [-0.2, 0) is 9.53 Å². The third-order valence-electron chi connectivity index (χ3n) is 3.56. The fourth-order valence-corrected chi connectivity index (χ4v) is 2.73. The first-order valence-corrected chi connectivity index (χ1v) is 8.51. The number of ether oxygens (including phenoxy) is 2. The molecule has 6 heteroatoms. The molecule has 0 amide bonds. The van der Waals surface area contributed by atoms with E-state index in [1.54, 1.807) is 0 Å². The minimum Gasteiger partial charge on any atom is -0.494 e. The van der Waals surface area contributed by atoms with Gasteiger partial charge in [0.2, 0.25) is 0 Å². The molecule has 0 saturated carbocycles. The van der Waals surface area contributed by atoms with Gasteiger partial charge in [0.25, 0.3) is 0 Å². The Kier molecular flexibility index (Phi) is 6.20. The van der Waals surface area contributed by atoms with Gasteiger partial charge in [0, 0.05) is 5.70 Å². The second-order valence-corrected chi connectivity index (χ2v) is 6.47. The van der Waals surface area contributed by atoms with Crippen LogP contribution >= 0.6 is 12.2 Å². The Morgan fingerprint density at radius 1 is 1.29 bits per heavy atom. The highest BCUT2D eigenvalue weighted by Crippen LogP contribution is 2.29. The van der Waals surface area contributed by atoms with Crippen molar-refractivity contribution in [1.29, 1.82) is 0 Å². The second-order valence-electron chi connectivity index (χ2n) is 6.06. The zero-order chi connectivity index (χ0) is 17.7. The number of allylic oxidation sites excluding steroid dienone is 1. The van der Waals surface area contributed by atoms with Crippen LogP contribution in [0.4, 0.5) is 0 Å². The molecule has 1 aliphatic rings. The van der Waals surface area contributed by atoms with E-state index in [0.717, 1.165) is 11.3 Å². The van der Waals surface area contributed by atoms with Gasteiger partial charge in [-0.1, -0.05) is 26.0 Å². The summed E-state index contributed by atoms with van der Waals surface area (Å²) in [6.45, 7) is 8.78. The summed E-state index contributed by atoms with van der Waals surface area (Å²) < 4.78 is 10.9. The molecule has 5 nitrogen and oxygen atoms in total. The summed E-state index contributed by atoms with van der Waals surface area (Å²) in [6.07, 6.45) is 0. The Morgan fingerprint density at radius 2 is 1.96 bits per heavy atom. The first-order chi connectivity index (χ1) is 11.4. The average Bonchev–Trinajstić information content (AvgIpc) is 2.53. The molecule has 1 aromatic carbocycles. The van der Waals surface area contributed by atoms with E-state index in [-0.39, 0.29) is 17.9 Å². The summed E-state index contributed by atoms with van der Waals surface area (Å²) >= 11 is 5.24. The van der Waals surface area contributed by atoms with Gasteiger partial charge in [0.1, 0.15) is 5.75 Å². The van der Waals surface area contributed by atoms with Crippen molar-refractivity contribution in [1.82, 2.24) is 10.6 Å². The quantitative estimate of drug-likeness (QED) is 0.609. The summed E-state index contributed by atoms with van der Waals surface area (Å²) in [4.78, 5) is 12.5. The number of nitrogens with one attached hydrogen (secondary N) is 2. The SMILES string of the molecule is CCOc1ccc(C2NC(=S)NC(C)=C2C(=O)OCC(C)C)cc1. The van der Waals surface area contributed by atoms with Crippen LogP contribution in [0.2, 0.25) is 0 Å². The highest BCUT2D eigenvalue weighted by atomic mass is 32.1. The van der Waals surface area contributed by atoms with E-state index >= 15 is 0 Å². The lowest BCUT2D eigenvalue weighted by Gasteiger charge is -2.30. The number of thiocarbonyl (C=S) groups is 1. The van der Waals surface area contributed by atoms with Crippen LogP contribution in [0.3, 0.4) is 0 Å². The Hall–Kier alpha value is -2.08. The maximum atomic E-state index is 12.5. The van der Waals surface area contributed by atoms with Gasteiger partial charge in [0.05, 0.1) is 24.8 Å². The normalized spacial score (nSPS) is 17.4. The minimum atomic E-state index is -0.339. The molecule has 0 aromatic heterocycles. The van der Waals surface area contributed by atoms with E-state index in [4.69, 9.17) is 21.7 Å². The van der Waals surface area contributed by atoms with Crippen LogP contribution in [0.15, 0.2) is 35.5 Å². The van der Waals surface area contributed by atoms with Gasteiger partial charge in [-0.15, -0.1) is 0 Å². The van der Waals surface area contributed by atoms with Crippen LogP contribution in [0.25, 0.3) is 0 Å². The lowest BCUT2D eigenvalue weighted by atomic mass is 9.95. The summed E-state index contributed by atoms with van der Waals surface area (Å²) in [5, 5.41) is 6.65. The van der Waals surface area contributed by atoms with Crippen molar-refractivity contribution in [2.24, 2.45) is 5.92 Å². The number of hydrogen-bond donors (Lipinski definition) is 2. The number of benzene rings is 1. The van der Waals surface area contributed by atoms with E-state index < -0.39 is 0 Å². The molecule has 2 rings (SSSR count). The predicted octanol–water partition coefficient (Wildman–Crippen LogP) is 3.08. The molecule has 0 bridgehead atoms. The molecular weight excluding hydrogens is 324 g/mol. The maximum absolute atomic E-state index is 12.5. The van der Waals surface area contributed by atoms with E-state index in [0.29, 0.717) is 29.6 Å². The molecule has 0 saturated heterocycles. The summed E-state index contributed by atoms with van der Waals surface area (Å²) in [5.74, 6) is 0.745. The molecule has 1 aromatic rings. The molecule has 2 N–H and O–H groups in total. The van der Waals surface area contributed by atoms with Crippen LogP contribution in [0.5, 0.6) is 5.75 Å². The fraction of sp³-hybridized carbons (Fsp3) is 0.444. The average molecular weight is 348 g/mol. The van der Waals surface area contributed by atoms with Gasteiger partial charge in [-0.2, -0.15) is 0 Å². The Bertz CT molecular complexity index is 638. The molecule has 130 valence electrons. The third kappa shape index (κ3) is 4.47.